The molecule has 0 saturated carbocycles. The number of para-hydroxylation sites is 1. The molecule has 4 N–H and O–H groups in total. The van der Waals surface area contributed by atoms with E-state index in [4.69, 9.17) is 5.84 Å². The van der Waals surface area contributed by atoms with E-state index in [0.29, 0.717) is 5.69 Å². The van der Waals surface area contributed by atoms with E-state index in [2.05, 4.69) is 26.7 Å². The van der Waals surface area contributed by atoms with Gasteiger partial charge in [0, 0.05) is 4.47 Å². The highest BCUT2D eigenvalue weighted by Gasteiger charge is 2.15. The second-order valence-corrected chi connectivity index (χ2v) is 5.10. The van der Waals surface area contributed by atoms with Crippen LogP contribution < -0.4 is 16.6 Å². The van der Waals surface area contributed by atoms with Gasteiger partial charge in [0.25, 0.3) is 5.91 Å². The molecule has 1 amide bonds. The molecule has 2 aromatic carbocycles. The first-order valence-corrected chi connectivity index (χ1v) is 6.65. The number of nitrogen functional groups attached to an aromatic ring is 1. The number of carbonyl (C=O) groups excluding carboxylic acids is 1. The number of hydrogen-bond donors (Lipinski definition) is 3. The monoisotopic (exact) mass is 337 g/mol. The van der Waals surface area contributed by atoms with Gasteiger partial charge in [0.1, 0.15) is 5.82 Å². The molecule has 0 aliphatic rings. The lowest BCUT2D eigenvalue weighted by Crippen LogP contribution is -2.18. The number of amides is 1. The molecule has 0 aromatic heterocycles. The number of anilines is 2. The third kappa shape index (κ3) is 2.97. The van der Waals surface area contributed by atoms with Crippen LogP contribution in [0.4, 0.5) is 15.8 Å². The summed E-state index contributed by atoms with van der Waals surface area (Å²) in [5.41, 5.74) is 3.98. The standard InChI is InChI=1S/C14H13BrFN3O/c1-8-5-6-12(10(15)7-8)18-14(20)9-3-2-4-11(16)13(9)19-17/h2-7,19H,17H2,1H3,(H,18,20). The minimum atomic E-state index is -0.580. The summed E-state index contributed by atoms with van der Waals surface area (Å²) in [4.78, 5) is 12.2. The van der Waals surface area contributed by atoms with Crippen LogP contribution in [0.25, 0.3) is 0 Å². The Morgan fingerprint density at radius 1 is 1.30 bits per heavy atom. The Hall–Kier alpha value is -1.92. The summed E-state index contributed by atoms with van der Waals surface area (Å²) in [5, 5.41) is 2.71. The number of rotatable bonds is 3. The van der Waals surface area contributed by atoms with Crippen LogP contribution in [0.2, 0.25) is 0 Å². The first-order valence-electron chi connectivity index (χ1n) is 5.85. The second-order valence-electron chi connectivity index (χ2n) is 4.24. The van der Waals surface area contributed by atoms with Crippen molar-refractivity contribution in [3.63, 3.8) is 0 Å². The van der Waals surface area contributed by atoms with Gasteiger partial charge in [0.2, 0.25) is 0 Å². The summed E-state index contributed by atoms with van der Waals surface area (Å²) in [5.74, 6) is 4.23. The molecular formula is C14H13BrFN3O. The lowest BCUT2D eigenvalue weighted by Gasteiger charge is -2.11. The Balaban J connectivity index is 2.31. The minimum absolute atomic E-state index is 0.0340. The molecule has 0 unspecified atom stereocenters. The molecule has 2 aromatic rings. The van der Waals surface area contributed by atoms with E-state index in [-0.39, 0.29) is 11.3 Å². The van der Waals surface area contributed by atoms with Crippen molar-refractivity contribution in [1.29, 1.82) is 0 Å². The fourth-order valence-electron chi connectivity index (χ4n) is 1.77. The number of benzene rings is 2. The SMILES string of the molecule is Cc1ccc(NC(=O)c2cccc(F)c2NN)c(Br)c1. The topological polar surface area (TPSA) is 67.2 Å². The van der Waals surface area contributed by atoms with Crippen LogP contribution in [-0.4, -0.2) is 5.91 Å². The average molecular weight is 338 g/mol. The van der Waals surface area contributed by atoms with Gasteiger partial charge in [-0.1, -0.05) is 12.1 Å². The van der Waals surface area contributed by atoms with Crippen LogP contribution in [0.15, 0.2) is 40.9 Å². The fraction of sp³-hybridized carbons (Fsp3) is 0.0714. The molecule has 6 heteroatoms. The Morgan fingerprint density at radius 2 is 2.05 bits per heavy atom. The zero-order valence-electron chi connectivity index (χ0n) is 10.7. The summed E-state index contributed by atoms with van der Waals surface area (Å²) < 4.78 is 14.3. The Kier molecular flexibility index (Phi) is 4.36. The average Bonchev–Trinajstić information content (AvgIpc) is 2.41. The minimum Gasteiger partial charge on any atom is -0.321 e. The van der Waals surface area contributed by atoms with Gasteiger partial charge in [-0.2, -0.15) is 0 Å². The van der Waals surface area contributed by atoms with Gasteiger partial charge in [-0.25, -0.2) is 4.39 Å². The summed E-state index contributed by atoms with van der Waals surface area (Å²) in [6, 6.07) is 9.70. The van der Waals surface area contributed by atoms with Crippen LogP contribution in [0.3, 0.4) is 0 Å². The van der Waals surface area contributed by atoms with E-state index < -0.39 is 11.7 Å². The van der Waals surface area contributed by atoms with E-state index in [0.717, 1.165) is 10.0 Å². The van der Waals surface area contributed by atoms with E-state index in [9.17, 15) is 9.18 Å². The summed E-state index contributed by atoms with van der Waals surface area (Å²) in [6.07, 6.45) is 0. The number of halogens is 2. The van der Waals surface area contributed by atoms with Crippen molar-refractivity contribution in [2.24, 2.45) is 5.84 Å². The first-order chi connectivity index (χ1) is 9.52. The molecule has 0 fully saturated rings. The number of nitrogens with two attached hydrogens (primary N) is 1. The van der Waals surface area contributed by atoms with Crippen LogP contribution in [-0.2, 0) is 0 Å². The highest BCUT2D eigenvalue weighted by Crippen LogP contribution is 2.25. The molecule has 0 aliphatic heterocycles. The molecule has 0 saturated heterocycles. The third-order valence-electron chi connectivity index (χ3n) is 2.78. The molecular weight excluding hydrogens is 325 g/mol. The quantitative estimate of drug-likeness (QED) is 0.593. The molecule has 104 valence electrons. The van der Waals surface area contributed by atoms with Gasteiger partial charge < -0.3 is 10.7 Å². The second kappa shape index (κ2) is 6.02. The maximum absolute atomic E-state index is 13.6. The van der Waals surface area contributed by atoms with E-state index in [1.165, 1.54) is 18.2 Å². The normalized spacial score (nSPS) is 10.2. The lowest BCUT2D eigenvalue weighted by molar-refractivity contribution is 0.102. The van der Waals surface area contributed by atoms with E-state index >= 15 is 0 Å². The van der Waals surface area contributed by atoms with Gasteiger partial charge in [-0.05, 0) is 52.7 Å². The molecule has 0 bridgehead atoms. The maximum Gasteiger partial charge on any atom is 0.257 e. The third-order valence-corrected chi connectivity index (χ3v) is 3.43. The van der Waals surface area contributed by atoms with Crippen LogP contribution >= 0.6 is 15.9 Å². The number of aryl methyl sites for hydroxylation is 1. The Bertz CT molecular complexity index is 661. The van der Waals surface area contributed by atoms with Crippen molar-refractivity contribution in [2.75, 3.05) is 10.7 Å². The van der Waals surface area contributed by atoms with E-state index in [1.54, 1.807) is 6.07 Å². The fourth-order valence-corrected chi connectivity index (χ4v) is 2.36. The van der Waals surface area contributed by atoms with Crippen molar-refractivity contribution >= 4 is 33.2 Å². The van der Waals surface area contributed by atoms with Gasteiger partial charge in [-0.15, -0.1) is 0 Å². The first kappa shape index (κ1) is 14.5. The predicted octanol–water partition coefficient (Wildman–Crippen LogP) is 3.43. The van der Waals surface area contributed by atoms with Crippen LogP contribution in [0.1, 0.15) is 15.9 Å². The van der Waals surface area contributed by atoms with Gasteiger partial charge in [0.15, 0.2) is 0 Å². The summed E-state index contributed by atoms with van der Waals surface area (Å²) >= 11 is 3.37. The molecule has 0 aliphatic carbocycles. The van der Waals surface area contributed by atoms with Crippen molar-refractivity contribution in [3.8, 4) is 0 Å². The summed E-state index contributed by atoms with van der Waals surface area (Å²) in [7, 11) is 0. The molecule has 0 heterocycles. The van der Waals surface area contributed by atoms with Gasteiger partial charge in [-0.3, -0.25) is 10.6 Å². The molecule has 2 rings (SSSR count). The summed E-state index contributed by atoms with van der Waals surface area (Å²) in [6.45, 7) is 1.94. The zero-order valence-corrected chi connectivity index (χ0v) is 12.3. The molecule has 0 atom stereocenters. The van der Waals surface area contributed by atoms with Crippen molar-refractivity contribution < 1.29 is 9.18 Å². The highest BCUT2D eigenvalue weighted by atomic mass is 79.9. The van der Waals surface area contributed by atoms with Crippen molar-refractivity contribution in [3.05, 3.63) is 57.8 Å². The van der Waals surface area contributed by atoms with E-state index in [1.807, 2.05) is 19.1 Å². The van der Waals surface area contributed by atoms with Crippen molar-refractivity contribution in [1.82, 2.24) is 0 Å². The Labute approximate surface area is 124 Å². The van der Waals surface area contributed by atoms with Gasteiger partial charge >= 0.3 is 0 Å². The smallest absolute Gasteiger partial charge is 0.257 e. The molecule has 0 spiro atoms. The lowest BCUT2D eigenvalue weighted by atomic mass is 10.1. The molecule has 20 heavy (non-hydrogen) atoms. The van der Waals surface area contributed by atoms with Gasteiger partial charge in [0.05, 0.1) is 16.9 Å². The maximum atomic E-state index is 13.6. The predicted molar refractivity (Wildman–Crippen MR) is 81.0 cm³/mol. The number of carbonyl (C=O) groups is 1. The highest BCUT2D eigenvalue weighted by molar-refractivity contribution is 9.10. The Morgan fingerprint density at radius 3 is 2.70 bits per heavy atom. The van der Waals surface area contributed by atoms with Crippen LogP contribution in [0.5, 0.6) is 0 Å². The molecule has 0 radical (unpaired) electrons. The zero-order chi connectivity index (χ0) is 14.7. The number of hydrazine groups is 1. The van der Waals surface area contributed by atoms with Crippen LogP contribution in [0, 0.1) is 12.7 Å². The number of hydrogen-bond acceptors (Lipinski definition) is 3. The van der Waals surface area contributed by atoms with Crippen molar-refractivity contribution in [2.45, 2.75) is 6.92 Å². The molecule has 4 nitrogen and oxygen atoms in total. The number of nitrogens with one attached hydrogen (secondary N) is 2. The largest absolute Gasteiger partial charge is 0.321 e.